The lowest BCUT2D eigenvalue weighted by atomic mass is 10.0. The quantitative estimate of drug-likeness (QED) is 0.767. The molecule has 0 radical (unpaired) electrons. The van der Waals surface area contributed by atoms with Crippen molar-refractivity contribution in [2.75, 3.05) is 26.7 Å². The summed E-state index contributed by atoms with van der Waals surface area (Å²) in [7, 11) is 1.59. The van der Waals surface area contributed by atoms with Gasteiger partial charge >= 0.3 is 0 Å². The number of aryl methyl sites for hydroxylation is 1. The minimum absolute atomic E-state index is 0.109. The van der Waals surface area contributed by atoms with E-state index in [1.807, 2.05) is 13.0 Å². The summed E-state index contributed by atoms with van der Waals surface area (Å²) in [6.45, 7) is 4.96. The van der Waals surface area contributed by atoms with Crippen LogP contribution < -0.4 is 4.74 Å². The molecule has 2 rings (SSSR count). The fourth-order valence-electron chi connectivity index (χ4n) is 2.80. The van der Waals surface area contributed by atoms with E-state index in [-0.39, 0.29) is 5.78 Å². The lowest BCUT2D eigenvalue weighted by molar-refractivity contribution is 0.0962. The van der Waals surface area contributed by atoms with Crippen molar-refractivity contribution in [3.63, 3.8) is 0 Å². The number of rotatable bonds is 5. The van der Waals surface area contributed by atoms with Crippen LogP contribution in [0.4, 0.5) is 0 Å². The number of nitrogens with zero attached hydrogens (tertiary/aromatic N) is 1. The number of ketones is 1. The molecule has 1 aromatic rings. The maximum atomic E-state index is 12.5. The summed E-state index contributed by atoms with van der Waals surface area (Å²) in [5.41, 5.74) is 1.53. The van der Waals surface area contributed by atoms with Gasteiger partial charge in [0.15, 0.2) is 5.78 Å². The monoisotopic (exact) mass is 309 g/mol. The number of benzene rings is 1. The van der Waals surface area contributed by atoms with Gasteiger partial charge in [0.25, 0.3) is 0 Å². The maximum absolute atomic E-state index is 12.5. The van der Waals surface area contributed by atoms with E-state index in [0.717, 1.165) is 25.2 Å². The topological polar surface area (TPSA) is 29.5 Å². The molecule has 1 saturated heterocycles. The Kier molecular flexibility index (Phi) is 6.07. The number of methoxy groups -OCH3 is 1. The van der Waals surface area contributed by atoms with Gasteiger partial charge in [0.05, 0.1) is 12.7 Å². The molecular formula is C17H24ClNO2. The molecule has 1 fully saturated rings. The van der Waals surface area contributed by atoms with Gasteiger partial charge in [-0.2, -0.15) is 0 Å². The third kappa shape index (κ3) is 4.45. The molecule has 0 bridgehead atoms. The summed E-state index contributed by atoms with van der Waals surface area (Å²) >= 11 is 6.14. The first-order valence-corrected chi connectivity index (χ1v) is 8.09. The number of Topliss-reactive ketones (excluding diaryl/α,β-unsaturated/α-hetero) is 1. The molecule has 1 aromatic carbocycles. The second-order valence-corrected chi connectivity index (χ2v) is 6.14. The molecular weight excluding hydrogens is 286 g/mol. The van der Waals surface area contributed by atoms with Crippen LogP contribution in [0.1, 0.15) is 48.0 Å². The van der Waals surface area contributed by atoms with Gasteiger partial charge in [0.2, 0.25) is 0 Å². The summed E-state index contributed by atoms with van der Waals surface area (Å²) in [5.74, 6) is 0.732. The van der Waals surface area contributed by atoms with Gasteiger partial charge in [0, 0.05) is 18.0 Å². The Hall–Kier alpha value is -1.06. The molecule has 3 nitrogen and oxygen atoms in total. The maximum Gasteiger partial charge on any atom is 0.167 e. The van der Waals surface area contributed by atoms with E-state index in [1.54, 1.807) is 13.2 Å². The van der Waals surface area contributed by atoms with E-state index in [9.17, 15) is 4.79 Å². The normalized spacial score (nSPS) is 16.5. The SMILES string of the molecule is COc1cc(C)c(Cl)cc1C(=O)CCN1CCCCCC1. The van der Waals surface area contributed by atoms with Crippen LogP contribution >= 0.6 is 11.6 Å². The molecule has 1 aliphatic rings. The van der Waals surface area contributed by atoms with Crippen molar-refractivity contribution < 1.29 is 9.53 Å². The summed E-state index contributed by atoms with van der Waals surface area (Å²) in [4.78, 5) is 14.8. The Morgan fingerprint density at radius 3 is 2.52 bits per heavy atom. The summed E-state index contributed by atoms with van der Waals surface area (Å²) in [5, 5.41) is 0.619. The number of likely N-dealkylation sites (tertiary alicyclic amines) is 1. The molecule has 0 spiro atoms. The highest BCUT2D eigenvalue weighted by Gasteiger charge is 2.16. The lowest BCUT2D eigenvalue weighted by Crippen LogP contribution is -2.27. The first-order valence-electron chi connectivity index (χ1n) is 7.71. The second-order valence-electron chi connectivity index (χ2n) is 5.73. The van der Waals surface area contributed by atoms with Crippen LogP contribution in [0.2, 0.25) is 5.02 Å². The second kappa shape index (κ2) is 7.81. The molecule has 1 aliphatic heterocycles. The fourth-order valence-corrected chi connectivity index (χ4v) is 2.96. The van der Waals surface area contributed by atoms with Crippen molar-refractivity contribution in [3.05, 3.63) is 28.3 Å². The van der Waals surface area contributed by atoms with Crippen molar-refractivity contribution >= 4 is 17.4 Å². The smallest absolute Gasteiger partial charge is 0.167 e. The predicted octanol–water partition coefficient (Wildman–Crippen LogP) is 4.11. The summed E-state index contributed by atoms with van der Waals surface area (Å²) in [6, 6.07) is 3.57. The third-order valence-electron chi connectivity index (χ3n) is 4.13. The molecule has 21 heavy (non-hydrogen) atoms. The average Bonchev–Trinajstić information content (AvgIpc) is 2.75. The predicted molar refractivity (Wildman–Crippen MR) is 86.6 cm³/mol. The number of ether oxygens (including phenoxy) is 1. The van der Waals surface area contributed by atoms with E-state index >= 15 is 0 Å². The number of hydrogen-bond acceptors (Lipinski definition) is 3. The van der Waals surface area contributed by atoms with Crippen molar-refractivity contribution in [1.29, 1.82) is 0 Å². The van der Waals surface area contributed by atoms with Gasteiger partial charge in [-0.25, -0.2) is 0 Å². The Bertz CT molecular complexity index is 494. The average molecular weight is 310 g/mol. The van der Waals surface area contributed by atoms with Crippen molar-refractivity contribution in [2.24, 2.45) is 0 Å². The molecule has 0 saturated carbocycles. The van der Waals surface area contributed by atoms with Gasteiger partial charge in [-0.1, -0.05) is 24.4 Å². The Balaban J connectivity index is 2.01. The number of halogens is 1. The van der Waals surface area contributed by atoms with E-state index < -0.39 is 0 Å². The zero-order valence-electron chi connectivity index (χ0n) is 13.0. The van der Waals surface area contributed by atoms with E-state index in [1.165, 1.54) is 25.7 Å². The molecule has 0 N–H and O–H groups in total. The van der Waals surface area contributed by atoms with Crippen LogP contribution in [0.25, 0.3) is 0 Å². The highest BCUT2D eigenvalue weighted by Crippen LogP contribution is 2.27. The molecule has 0 atom stereocenters. The Morgan fingerprint density at radius 1 is 1.24 bits per heavy atom. The minimum atomic E-state index is 0.109. The van der Waals surface area contributed by atoms with Gasteiger partial charge in [0.1, 0.15) is 5.75 Å². The molecule has 116 valence electrons. The Labute approximate surface area is 132 Å². The molecule has 0 aliphatic carbocycles. The highest BCUT2D eigenvalue weighted by molar-refractivity contribution is 6.31. The van der Waals surface area contributed by atoms with Crippen LogP contribution in [0, 0.1) is 6.92 Å². The lowest BCUT2D eigenvalue weighted by Gasteiger charge is -2.19. The third-order valence-corrected chi connectivity index (χ3v) is 4.54. The molecule has 0 aromatic heterocycles. The number of hydrogen-bond donors (Lipinski definition) is 0. The molecule has 4 heteroatoms. The fraction of sp³-hybridized carbons (Fsp3) is 0.588. The first-order chi connectivity index (χ1) is 10.1. The highest BCUT2D eigenvalue weighted by atomic mass is 35.5. The largest absolute Gasteiger partial charge is 0.496 e. The van der Waals surface area contributed by atoms with E-state index in [4.69, 9.17) is 16.3 Å². The van der Waals surface area contributed by atoms with Crippen LogP contribution in [0.15, 0.2) is 12.1 Å². The first kappa shape index (κ1) is 16.3. The van der Waals surface area contributed by atoms with Crippen LogP contribution in [-0.2, 0) is 0 Å². The minimum Gasteiger partial charge on any atom is -0.496 e. The molecule has 0 amide bonds. The van der Waals surface area contributed by atoms with Crippen molar-refractivity contribution in [3.8, 4) is 5.75 Å². The summed E-state index contributed by atoms with van der Waals surface area (Å²) in [6.07, 6.45) is 5.63. The van der Waals surface area contributed by atoms with Gasteiger partial charge < -0.3 is 9.64 Å². The number of carbonyl (C=O) groups is 1. The van der Waals surface area contributed by atoms with Crippen LogP contribution in [0.3, 0.4) is 0 Å². The van der Waals surface area contributed by atoms with Crippen molar-refractivity contribution in [1.82, 2.24) is 4.90 Å². The standard InChI is InChI=1S/C17H24ClNO2/c1-13-11-17(21-2)14(12-15(13)18)16(20)7-10-19-8-5-3-4-6-9-19/h11-12H,3-10H2,1-2H3. The van der Waals surface area contributed by atoms with E-state index in [2.05, 4.69) is 4.90 Å². The zero-order valence-corrected chi connectivity index (χ0v) is 13.7. The van der Waals surface area contributed by atoms with Gasteiger partial charge in [-0.3, -0.25) is 4.79 Å². The molecule has 1 heterocycles. The van der Waals surface area contributed by atoms with Gasteiger partial charge in [-0.05, 0) is 50.6 Å². The Morgan fingerprint density at radius 2 is 1.90 bits per heavy atom. The van der Waals surface area contributed by atoms with E-state index in [0.29, 0.717) is 22.8 Å². The zero-order chi connectivity index (χ0) is 15.2. The number of carbonyl (C=O) groups excluding carboxylic acids is 1. The van der Waals surface area contributed by atoms with Crippen LogP contribution in [0.5, 0.6) is 5.75 Å². The van der Waals surface area contributed by atoms with Crippen LogP contribution in [-0.4, -0.2) is 37.4 Å². The van der Waals surface area contributed by atoms with Crippen molar-refractivity contribution in [2.45, 2.75) is 39.0 Å². The summed E-state index contributed by atoms with van der Waals surface area (Å²) < 4.78 is 5.32. The van der Waals surface area contributed by atoms with Gasteiger partial charge in [-0.15, -0.1) is 0 Å². The molecule has 0 unspecified atom stereocenters.